The average Bonchev–Trinajstić information content (AvgIpc) is 3.05. The normalized spacial score (nSPS) is 22.5. The number of aliphatic hydroxyl groups is 1. The Balaban J connectivity index is 1.61. The molecule has 25 heavy (non-hydrogen) atoms. The molecule has 2 aliphatic rings. The highest BCUT2D eigenvalue weighted by atomic mass is 16.5. The lowest BCUT2D eigenvalue weighted by Gasteiger charge is -2.38. The Bertz CT molecular complexity index is 799. The van der Waals surface area contributed by atoms with Crippen LogP contribution < -0.4 is 10.1 Å². The highest BCUT2D eigenvalue weighted by Gasteiger charge is 2.36. The van der Waals surface area contributed by atoms with Crippen molar-refractivity contribution in [2.75, 3.05) is 6.61 Å². The van der Waals surface area contributed by atoms with Crippen molar-refractivity contribution in [3.05, 3.63) is 58.9 Å². The van der Waals surface area contributed by atoms with Crippen LogP contribution in [0, 0.1) is 12.8 Å². The van der Waals surface area contributed by atoms with Gasteiger partial charge >= 0.3 is 0 Å². The maximum Gasteiger partial charge on any atom is 0.270 e. The Morgan fingerprint density at radius 1 is 1.36 bits per heavy atom. The van der Waals surface area contributed by atoms with E-state index in [9.17, 15) is 9.90 Å². The maximum absolute atomic E-state index is 12.7. The first-order chi connectivity index (χ1) is 12.1. The van der Waals surface area contributed by atoms with E-state index in [0.717, 1.165) is 23.3 Å². The third-order valence-electron chi connectivity index (χ3n) is 5.20. The fraction of sp³-hybridized carbons (Fsp3) is 0.400. The van der Waals surface area contributed by atoms with Crippen LogP contribution in [0.4, 0.5) is 0 Å². The van der Waals surface area contributed by atoms with Gasteiger partial charge in [0.05, 0.1) is 18.8 Å². The molecule has 2 N–H and O–H groups in total. The predicted octanol–water partition coefficient (Wildman–Crippen LogP) is 2.57. The molecule has 1 aromatic heterocycles. The van der Waals surface area contributed by atoms with Crippen molar-refractivity contribution in [2.24, 2.45) is 5.92 Å². The second kappa shape index (κ2) is 6.48. The second-order valence-electron chi connectivity index (χ2n) is 6.97. The number of aryl methyl sites for hydroxylation is 1. The summed E-state index contributed by atoms with van der Waals surface area (Å²) in [5.74, 6) is 1.01. The summed E-state index contributed by atoms with van der Waals surface area (Å²) in [5.41, 5.74) is 3.57. The smallest absolute Gasteiger partial charge is 0.270 e. The van der Waals surface area contributed by atoms with Gasteiger partial charge in [-0.25, -0.2) is 0 Å². The molecule has 4 rings (SSSR count). The zero-order chi connectivity index (χ0) is 17.4. The van der Waals surface area contributed by atoms with Crippen molar-refractivity contribution in [1.82, 2.24) is 10.3 Å². The van der Waals surface area contributed by atoms with Crippen LogP contribution in [0.3, 0.4) is 0 Å². The summed E-state index contributed by atoms with van der Waals surface area (Å²) in [6.07, 6.45) is 3.69. The zero-order valence-corrected chi connectivity index (χ0v) is 14.2. The van der Waals surface area contributed by atoms with Crippen molar-refractivity contribution in [2.45, 2.75) is 38.3 Å². The molecule has 1 fully saturated rings. The largest absolute Gasteiger partial charge is 0.493 e. The number of aromatic nitrogens is 1. The molecule has 1 atom stereocenters. The fourth-order valence-corrected chi connectivity index (χ4v) is 3.71. The van der Waals surface area contributed by atoms with Crippen LogP contribution in [0.1, 0.15) is 46.1 Å². The van der Waals surface area contributed by atoms with Crippen molar-refractivity contribution in [3.8, 4) is 5.75 Å². The summed E-state index contributed by atoms with van der Waals surface area (Å²) in [5, 5.41) is 12.9. The number of fused-ring (bicyclic) bond motifs is 1. The first-order valence-corrected chi connectivity index (χ1v) is 8.78. The summed E-state index contributed by atoms with van der Waals surface area (Å²) in [6.45, 7) is 2.60. The van der Waals surface area contributed by atoms with Crippen LogP contribution in [0.2, 0.25) is 0 Å². The summed E-state index contributed by atoms with van der Waals surface area (Å²) in [7, 11) is 0. The Labute approximate surface area is 147 Å². The molecule has 5 nitrogen and oxygen atoms in total. The maximum atomic E-state index is 12.7. The van der Waals surface area contributed by atoms with Crippen molar-refractivity contribution < 1.29 is 14.6 Å². The molecule has 2 heterocycles. The molecule has 0 bridgehead atoms. The monoisotopic (exact) mass is 338 g/mol. The van der Waals surface area contributed by atoms with E-state index in [4.69, 9.17) is 4.74 Å². The lowest BCUT2D eigenvalue weighted by molar-refractivity contribution is 0.0234. The first kappa shape index (κ1) is 16.1. The minimum atomic E-state index is -0.265. The van der Waals surface area contributed by atoms with Gasteiger partial charge < -0.3 is 15.2 Å². The van der Waals surface area contributed by atoms with Gasteiger partial charge in [0.25, 0.3) is 5.91 Å². The van der Waals surface area contributed by atoms with Gasteiger partial charge in [-0.2, -0.15) is 0 Å². The molecular weight excluding hydrogens is 316 g/mol. The van der Waals surface area contributed by atoms with Gasteiger partial charge in [0, 0.05) is 12.6 Å². The fourth-order valence-electron chi connectivity index (χ4n) is 3.71. The first-order valence-electron chi connectivity index (χ1n) is 8.78. The van der Waals surface area contributed by atoms with Gasteiger partial charge in [-0.1, -0.05) is 12.1 Å². The number of ether oxygens (including phenoxy) is 1. The van der Waals surface area contributed by atoms with Crippen LogP contribution in [0.25, 0.3) is 0 Å². The number of hydrogen-bond donors (Lipinski definition) is 2. The standard InChI is InChI=1S/C20H22N2O3/c1-12-3-2-7-21-18(12)20(24)22-19(15-10-16(23)11-15)14-4-5-17-13(9-14)6-8-25-17/h2-5,7,9,15-16,19,23H,6,8,10-11H2,1H3,(H,22,24)/t15?,16?,19-/m1/s1. The van der Waals surface area contributed by atoms with Crippen LogP contribution in [-0.4, -0.2) is 28.7 Å². The Morgan fingerprint density at radius 3 is 2.96 bits per heavy atom. The topological polar surface area (TPSA) is 71.5 Å². The van der Waals surface area contributed by atoms with E-state index in [1.807, 2.05) is 31.2 Å². The van der Waals surface area contributed by atoms with Crippen LogP contribution in [-0.2, 0) is 6.42 Å². The van der Waals surface area contributed by atoms with Gasteiger partial charge in [-0.3, -0.25) is 9.78 Å². The van der Waals surface area contributed by atoms with Crippen molar-refractivity contribution >= 4 is 5.91 Å². The number of rotatable bonds is 4. The predicted molar refractivity (Wildman–Crippen MR) is 93.6 cm³/mol. The molecule has 1 aliphatic heterocycles. The highest BCUT2D eigenvalue weighted by Crippen LogP contribution is 2.40. The van der Waals surface area contributed by atoms with Crippen LogP contribution >= 0.6 is 0 Å². The molecule has 1 aliphatic carbocycles. The van der Waals surface area contributed by atoms with E-state index < -0.39 is 0 Å². The molecule has 130 valence electrons. The summed E-state index contributed by atoms with van der Waals surface area (Å²) >= 11 is 0. The van der Waals surface area contributed by atoms with Gasteiger partial charge in [-0.05, 0) is 60.6 Å². The quantitative estimate of drug-likeness (QED) is 0.899. The van der Waals surface area contributed by atoms with Crippen molar-refractivity contribution in [3.63, 3.8) is 0 Å². The lowest BCUT2D eigenvalue weighted by atomic mass is 9.74. The molecule has 5 heteroatoms. The molecule has 1 amide bonds. The Morgan fingerprint density at radius 2 is 2.20 bits per heavy atom. The molecule has 0 saturated heterocycles. The van der Waals surface area contributed by atoms with Gasteiger partial charge in [0.2, 0.25) is 0 Å². The number of carbonyl (C=O) groups is 1. The molecule has 1 aromatic carbocycles. The third kappa shape index (κ3) is 3.12. The van der Waals surface area contributed by atoms with E-state index in [1.165, 1.54) is 5.56 Å². The van der Waals surface area contributed by atoms with Crippen molar-refractivity contribution in [1.29, 1.82) is 0 Å². The number of amides is 1. The lowest BCUT2D eigenvalue weighted by Crippen LogP contribution is -2.41. The number of benzene rings is 1. The molecule has 2 aromatic rings. The summed E-state index contributed by atoms with van der Waals surface area (Å²) in [4.78, 5) is 17.0. The third-order valence-corrected chi connectivity index (χ3v) is 5.20. The molecular formula is C20H22N2O3. The summed E-state index contributed by atoms with van der Waals surface area (Å²) < 4.78 is 5.58. The summed E-state index contributed by atoms with van der Waals surface area (Å²) in [6, 6.07) is 9.72. The highest BCUT2D eigenvalue weighted by molar-refractivity contribution is 5.93. The molecule has 0 spiro atoms. The minimum Gasteiger partial charge on any atom is -0.493 e. The van der Waals surface area contributed by atoms with E-state index in [0.29, 0.717) is 25.1 Å². The SMILES string of the molecule is Cc1cccnc1C(=O)N[C@H](c1ccc2c(c1)CCO2)C1CC(O)C1. The van der Waals surface area contributed by atoms with E-state index in [2.05, 4.69) is 16.4 Å². The second-order valence-corrected chi connectivity index (χ2v) is 6.97. The number of aliphatic hydroxyl groups excluding tert-OH is 1. The number of carbonyl (C=O) groups excluding carboxylic acids is 1. The van der Waals surface area contributed by atoms with Gasteiger partial charge in [0.15, 0.2) is 0 Å². The van der Waals surface area contributed by atoms with Gasteiger partial charge in [-0.15, -0.1) is 0 Å². The number of nitrogens with zero attached hydrogens (tertiary/aromatic N) is 1. The van der Waals surface area contributed by atoms with E-state index >= 15 is 0 Å². The average molecular weight is 338 g/mol. The molecule has 0 radical (unpaired) electrons. The molecule has 1 saturated carbocycles. The van der Waals surface area contributed by atoms with Gasteiger partial charge in [0.1, 0.15) is 11.4 Å². The Kier molecular flexibility index (Phi) is 4.17. The van der Waals surface area contributed by atoms with E-state index in [1.54, 1.807) is 6.20 Å². The molecule has 0 unspecified atom stereocenters. The minimum absolute atomic E-state index is 0.122. The zero-order valence-electron chi connectivity index (χ0n) is 14.2. The number of nitrogens with one attached hydrogen (secondary N) is 1. The number of hydrogen-bond acceptors (Lipinski definition) is 4. The number of pyridine rings is 1. The van der Waals surface area contributed by atoms with Crippen LogP contribution in [0.5, 0.6) is 5.75 Å². The van der Waals surface area contributed by atoms with E-state index in [-0.39, 0.29) is 24.0 Å². The Hall–Kier alpha value is -2.40. The van der Waals surface area contributed by atoms with Crippen LogP contribution in [0.15, 0.2) is 36.5 Å².